The van der Waals surface area contributed by atoms with Crippen LogP contribution in [0.4, 0.5) is 19.0 Å². The van der Waals surface area contributed by atoms with Crippen LogP contribution < -0.4 is 4.90 Å². The Bertz CT molecular complexity index is 1220. The maximum absolute atomic E-state index is 12.8. The lowest BCUT2D eigenvalue weighted by molar-refractivity contribution is -0.137. The molecule has 1 saturated heterocycles. The van der Waals surface area contributed by atoms with Crippen molar-refractivity contribution in [3.63, 3.8) is 0 Å². The molecule has 1 fully saturated rings. The Morgan fingerprint density at radius 3 is 2.47 bits per heavy atom. The van der Waals surface area contributed by atoms with Gasteiger partial charge in [0, 0.05) is 55.6 Å². The van der Waals surface area contributed by atoms with Crippen molar-refractivity contribution in [2.75, 3.05) is 24.5 Å². The third-order valence-corrected chi connectivity index (χ3v) is 6.09. The fourth-order valence-electron chi connectivity index (χ4n) is 4.33. The topological polar surface area (TPSA) is 74.1 Å². The highest BCUT2D eigenvalue weighted by Gasteiger charge is 2.32. The van der Waals surface area contributed by atoms with Gasteiger partial charge < -0.3 is 9.42 Å². The van der Waals surface area contributed by atoms with E-state index >= 15 is 0 Å². The van der Waals surface area contributed by atoms with Gasteiger partial charge in [0.15, 0.2) is 5.76 Å². The van der Waals surface area contributed by atoms with Gasteiger partial charge >= 0.3 is 6.18 Å². The van der Waals surface area contributed by atoms with Crippen molar-refractivity contribution in [2.45, 2.75) is 25.7 Å². The molecule has 5 rings (SSSR count). The molecule has 0 saturated carbocycles. The van der Waals surface area contributed by atoms with Gasteiger partial charge in [-0.2, -0.15) is 18.3 Å². The predicted octanol–water partition coefficient (Wildman–Crippen LogP) is 4.86. The summed E-state index contributed by atoms with van der Waals surface area (Å²) in [4.78, 5) is 8.43. The van der Waals surface area contributed by atoms with Crippen LogP contribution in [0.25, 0.3) is 22.6 Å². The molecule has 3 aromatic heterocycles. The van der Waals surface area contributed by atoms with Crippen LogP contribution in [0.2, 0.25) is 0 Å². The molecule has 0 aliphatic carbocycles. The van der Waals surface area contributed by atoms with Crippen LogP contribution in [0.3, 0.4) is 0 Å². The Balaban J connectivity index is 1.24. The third kappa shape index (κ3) is 4.54. The number of halogens is 3. The SMILES string of the molecule is CC1CN(Cc2cn[nH]c2-c2ccc(-c3ccno3)cc2)CCN1c1ccc(C(F)(F)F)cn1. The zero-order chi connectivity index (χ0) is 23.7. The van der Waals surface area contributed by atoms with Crippen LogP contribution in [0.5, 0.6) is 0 Å². The standard InChI is InChI=1S/C24H23F3N6O/c1-16-14-32(10-11-33(16)22-7-6-20(13-28-22)24(25,26)27)15-19-12-29-31-23(19)18-4-2-17(3-5-18)21-8-9-30-34-21/h2-9,12-13,16H,10-11,14-15H2,1H3,(H,29,31). The van der Waals surface area contributed by atoms with Crippen molar-refractivity contribution in [1.29, 1.82) is 0 Å². The number of anilines is 1. The Labute approximate surface area is 194 Å². The number of pyridine rings is 1. The number of hydrogen-bond donors (Lipinski definition) is 1. The Morgan fingerprint density at radius 2 is 1.82 bits per heavy atom. The first-order valence-corrected chi connectivity index (χ1v) is 10.9. The van der Waals surface area contributed by atoms with Crippen molar-refractivity contribution in [2.24, 2.45) is 0 Å². The molecule has 176 valence electrons. The number of alkyl halides is 3. The number of H-pyrrole nitrogens is 1. The first-order valence-electron chi connectivity index (χ1n) is 10.9. The molecule has 1 unspecified atom stereocenters. The van der Waals surface area contributed by atoms with Crippen LogP contribution in [0, 0.1) is 0 Å². The molecule has 0 radical (unpaired) electrons. The van der Waals surface area contributed by atoms with Crippen LogP contribution in [0.15, 0.2) is 65.6 Å². The van der Waals surface area contributed by atoms with Crippen molar-refractivity contribution in [3.05, 3.63) is 72.2 Å². The van der Waals surface area contributed by atoms with Gasteiger partial charge in [0.05, 0.1) is 23.7 Å². The van der Waals surface area contributed by atoms with E-state index in [9.17, 15) is 13.2 Å². The van der Waals surface area contributed by atoms with Gasteiger partial charge in [0.2, 0.25) is 0 Å². The Hall–Kier alpha value is -3.66. The van der Waals surface area contributed by atoms with E-state index < -0.39 is 11.7 Å². The number of nitrogens with zero attached hydrogens (tertiary/aromatic N) is 5. The molecule has 0 spiro atoms. The van der Waals surface area contributed by atoms with E-state index in [2.05, 4.69) is 37.1 Å². The van der Waals surface area contributed by atoms with Crippen molar-refractivity contribution < 1.29 is 17.7 Å². The lowest BCUT2D eigenvalue weighted by atomic mass is 10.0. The second kappa shape index (κ2) is 8.94. The van der Waals surface area contributed by atoms with Crippen LogP contribution in [-0.2, 0) is 12.7 Å². The van der Waals surface area contributed by atoms with Crippen LogP contribution in [0.1, 0.15) is 18.1 Å². The molecular formula is C24H23F3N6O. The van der Waals surface area contributed by atoms with E-state index in [0.29, 0.717) is 24.7 Å². The monoisotopic (exact) mass is 468 g/mol. The smallest absolute Gasteiger partial charge is 0.356 e. The highest BCUT2D eigenvalue weighted by atomic mass is 19.4. The first kappa shape index (κ1) is 22.1. The summed E-state index contributed by atoms with van der Waals surface area (Å²) in [6, 6.07) is 12.5. The molecule has 10 heteroatoms. The average Bonchev–Trinajstić information content (AvgIpc) is 3.51. The van der Waals surface area contributed by atoms with Gasteiger partial charge in [-0.3, -0.25) is 10.00 Å². The fraction of sp³-hybridized carbons (Fsp3) is 0.292. The molecule has 4 aromatic rings. The average molecular weight is 468 g/mol. The third-order valence-electron chi connectivity index (χ3n) is 6.09. The Kier molecular flexibility index (Phi) is 5.82. The lowest BCUT2D eigenvalue weighted by Gasteiger charge is -2.40. The van der Waals surface area contributed by atoms with E-state index in [1.54, 1.807) is 6.20 Å². The second-order valence-electron chi connectivity index (χ2n) is 8.40. The predicted molar refractivity (Wildman–Crippen MR) is 121 cm³/mol. The number of rotatable bonds is 5. The molecule has 0 bridgehead atoms. The summed E-state index contributed by atoms with van der Waals surface area (Å²) < 4.78 is 43.7. The van der Waals surface area contributed by atoms with E-state index in [0.717, 1.165) is 47.7 Å². The number of aromatic nitrogens is 4. The largest absolute Gasteiger partial charge is 0.417 e. The van der Waals surface area contributed by atoms with Crippen molar-refractivity contribution in [1.82, 2.24) is 25.2 Å². The zero-order valence-corrected chi connectivity index (χ0v) is 18.5. The van der Waals surface area contributed by atoms with Gasteiger partial charge in [-0.15, -0.1) is 0 Å². The van der Waals surface area contributed by atoms with Gasteiger partial charge in [-0.25, -0.2) is 4.98 Å². The minimum Gasteiger partial charge on any atom is -0.356 e. The Morgan fingerprint density at radius 1 is 1.03 bits per heavy atom. The van der Waals surface area contributed by atoms with E-state index in [1.807, 2.05) is 36.5 Å². The fourth-order valence-corrected chi connectivity index (χ4v) is 4.33. The van der Waals surface area contributed by atoms with Gasteiger partial charge in [-0.05, 0) is 24.6 Å². The zero-order valence-electron chi connectivity index (χ0n) is 18.5. The maximum atomic E-state index is 12.8. The van der Waals surface area contributed by atoms with E-state index in [-0.39, 0.29) is 6.04 Å². The summed E-state index contributed by atoms with van der Waals surface area (Å²) >= 11 is 0. The summed E-state index contributed by atoms with van der Waals surface area (Å²) in [5.41, 5.74) is 3.29. The molecule has 1 aliphatic rings. The number of piperazine rings is 1. The molecule has 0 amide bonds. The minimum absolute atomic E-state index is 0.106. The molecule has 1 aliphatic heterocycles. The normalized spacial score (nSPS) is 17.3. The van der Waals surface area contributed by atoms with Crippen molar-refractivity contribution >= 4 is 5.82 Å². The highest BCUT2D eigenvalue weighted by Crippen LogP contribution is 2.30. The lowest BCUT2D eigenvalue weighted by Crippen LogP contribution is -2.51. The molecule has 7 nitrogen and oxygen atoms in total. The number of aromatic amines is 1. The second-order valence-corrected chi connectivity index (χ2v) is 8.40. The maximum Gasteiger partial charge on any atom is 0.417 e. The van der Waals surface area contributed by atoms with Crippen LogP contribution in [-0.4, -0.2) is 50.9 Å². The van der Waals surface area contributed by atoms with Gasteiger partial charge in [0.1, 0.15) is 5.82 Å². The van der Waals surface area contributed by atoms with Crippen molar-refractivity contribution in [3.8, 4) is 22.6 Å². The van der Waals surface area contributed by atoms with E-state index in [1.165, 1.54) is 6.07 Å². The summed E-state index contributed by atoms with van der Waals surface area (Å²) in [5.74, 6) is 1.28. The number of hydrogen-bond acceptors (Lipinski definition) is 6. The van der Waals surface area contributed by atoms with Gasteiger partial charge in [0.25, 0.3) is 0 Å². The minimum atomic E-state index is -4.38. The first-order chi connectivity index (χ1) is 16.4. The molecule has 1 aromatic carbocycles. The summed E-state index contributed by atoms with van der Waals surface area (Å²) in [6.45, 7) is 4.98. The summed E-state index contributed by atoms with van der Waals surface area (Å²) in [5, 5.41) is 11.1. The van der Waals surface area contributed by atoms with Crippen LogP contribution >= 0.6 is 0 Å². The highest BCUT2D eigenvalue weighted by molar-refractivity contribution is 5.67. The molecule has 1 N–H and O–H groups in total. The summed E-state index contributed by atoms with van der Waals surface area (Å²) in [7, 11) is 0. The van der Waals surface area contributed by atoms with Gasteiger partial charge in [-0.1, -0.05) is 29.4 Å². The molecule has 34 heavy (non-hydrogen) atoms. The molecule has 4 heterocycles. The molecule has 1 atom stereocenters. The van der Waals surface area contributed by atoms with E-state index in [4.69, 9.17) is 4.52 Å². The summed E-state index contributed by atoms with van der Waals surface area (Å²) in [6.07, 6.45) is -0.0208. The number of nitrogens with one attached hydrogen (secondary N) is 1. The molecular weight excluding hydrogens is 445 g/mol. The quantitative estimate of drug-likeness (QED) is 0.451. The number of benzene rings is 1.